The van der Waals surface area contributed by atoms with Crippen molar-refractivity contribution in [1.29, 1.82) is 0 Å². The molecule has 0 bridgehead atoms. The van der Waals surface area contributed by atoms with E-state index in [-0.39, 0.29) is 5.91 Å². The minimum absolute atomic E-state index is 0.146. The van der Waals surface area contributed by atoms with Gasteiger partial charge in [0.15, 0.2) is 5.82 Å². The Hall–Kier alpha value is -2.24. The van der Waals surface area contributed by atoms with Crippen LogP contribution >= 0.6 is 0 Å². The number of aromatic nitrogens is 4. The lowest BCUT2D eigenvalue weighted by Gasteiger charge is -2.20. The van der Waals surface area contributed by atoms with Gasteiger partial charge in [0.05, 0.1) is 0 Å². The molecule has 2 aromatic heterocycles. The first-order valence-corrected chi connectivity index (χ1v) is 7.88. The van der Waals surface area contributed by atoms with E-state index in [1.165, 1.54) is 38.4 Å². The lowest BCUT2D eigenvalue weighted by atomic mass is 9.87. The number of pyridine rings is 1. The van der Waals surface area contributed by atoms with Gasteiger partial charge in [-0.25, -0.2) is 14.6 Å². The van der Waals surface area contributed by atoms with Crippen LogP contribution in [0.25, 0.3) is 5.82 Å². The highest BCUT2D eigenvalue weighted by Crippen LogP contribution is 2.26. The van der Waals surface area contributed by atoms with Crippen molar-refractivity contribution in [2.75, 3.05) is 0 Å². The van der Waals surface area contributed by atoms with Crippen LogP contribution in [-0.2, 0) is 11.3 Å². The van der Waals surface area contributed by atoms with Gasteiger partial charge in [0.1, 0.15) is 12.7 Å². The fourth-order valence-corrected chi connectivity index (χ4v) is 2.91. The number of hydrogen-bond acceptors (Lipinski definition) is 4. The lowest BCUT2D eigenvalue weighted by Crippen LogP contribution is -2.26. The van der Waals surface area contributed by atoms with E-state index in [0.717, 1.165) is 11.4 Å². The molecule has 22 heavy (non-hydrogen) atoms. The summed E-state index contributed by atoms with van der Waals surface area (Å²) in [6, 6.07) is 3.82. The summed E-state index contributed by atoms with van der Waals surface area (Å²) < 4.78 is 1.60. The maximum absolute atomic E-state index is 12.0. The molecule has 2 aromatic rings. The molecule has 1 saturated carbocycles. The summed E-state index contributed by atoms with van der Waals surface area (Å²) in [6.45, 7) is 0.524. The van der Waals surface area contributed by atoms with Gasteiger partial charge >= 0.3 is 0 Å². The van der Waals surface area contributed by atoms with Crippen LogP contribution in [0.1, 0.15) is 44.1 Å². The first-order chi connectivity index (χ1) is 10.8. The summed E-state index contributed by atoms with van der Waals surface area (Å²) in [7, 11) is 0. The lowest BCUT2D eigenvalue weighted by molar-refractivity contribution is -0.122. The number of rotatable bonds is 5. The Morgan fingerprint density at radius 1 is 1.27 bits per heavy atom. The van der Waals surface area contributed by atoms with E-state index in [9.17, 15) is 4.79 Å². The summed E-state index contributed by atoms with van der Waals surface area (Å²) in [5.74, 6) is 1.43. The van der Waals surface area contributed by atoms with Gasteiger partial charge in [-0.2, -0.15) is 5.10 Å². The van der Waals surface area contributed by atoms with Gasteiger partial charge in [0.2, 0.25) is 5.91 Å². The van der Waals surface area contributed by atoms with Gasteiger partial charge in [0, 0.05) is 19.2 Å². The van der Waals surface area contributed by atoms with Crippen LogP contribution in [0.4, 0.5) is 0 Å². The molecule has 116 valence electrons. The molecule has 1 fully saturated rings. The zero-order valence-electron chi connectivity index (χ0n) is 12.6. The predicted octanol–water partition coefficient (Wildman–Crippen LogP) is 2.25. The molecule has 6 nitrogen and oxygen atoms in total. The highest BCUT2D eigenvalue weighted by molar-refractivity contribution is 5.76. The second kappa shape index (κ2) is 7.15. The van der Waals surface area contributed by atoms with E-state index in [2.05, 4.69) is 20.4 Å². The molecule has 1 aliphatic rings. The van der Waals surface area contributed by atoms with Crippen molar-refractivity contribution in [3.8, 4) is 5.82 Å². The van der Waals surface area contributed by atoms with Crippen LogP contribution in [0.2, 0.25) is 0 Å². The fourth-order valence-electron chi connectivity index (χ4n) is 2.91. The number of nitrogens with one attached hydrogen (secondary N) is 1. The zero-order valence-corrected chi connectivity index (χ0v) is 12.6. The molecule has 1 aliphatic carbocycles. The van der Waals surface area contributed by atoms with E-state index in [4.69, 9.17) is 0 Å². The molecule has 0 unspecified atom stereocenters. The van der Waals surface area contributed by atoms with Crippen LogP contribution in [0.15, 0.2) is 31.0 Å². The summed E-state index contributed by atoms with van der Waals surface area (Å²) in [5.41, 5.74) is 0.987. The van der Waals surface area contributed by atoms with Gasteiger partial charge in [-0.05, 0) is 30.4 Å². The van der Waals surface area contributed by atoms with E-state index < -0.39 is 0 Å². The highest BCUT2D eigenvalue weighted by atomic mass is 16.1. The minimum Gasteiger partial charge on any atom is -0.352 e. The van der Waals surface area contributed by atoms with Crippen LogP contribution in [0.3, 0.4) is 0 Å². The van der Waals surface area contributed by atoms with Crippen molar-refractivity contribution in [3.63, 3.8) is 0 Å². The van der Waals surface area contributed by atoms with Gasteiger partial charge in [-0.15, -0.1) is 0 Å². The average molecular weight is 299 g/mol. The Morgan fingerprint density at radius 2 is 2.14 bits per heavy atom. The number of amides is 1. The second-order valence-electron chi connectivity index (χ2n) is 5.85. The number of carbonyl (C=O) groups is 1. The predicted molar refractivity (Wildman–Crippen MR) is 82.2 cm³/mol. The first kappa shape index (κ1) is 14.7. The maximum atomic E-state index is 12.0. The van der Waals surface area contributed by atoms with Crippen molar-refractivity contribution in [2.45, 2.75) is 45.1 Å². The van der Waals surface area contributed by atoms with Crippen LogP contribution in [0.5, 0.6) is 0 Å². The molecular weight excluding hydrogens is 278 g/mol. The molecule has 0 spiro atoms. The normalized spacial score (nSPS) is 15.6. The summed E-state index contributed by atoms with van der Waals surface area (Å²) in [4.78, 5) is 20.2. The molecule has 0 saturated heterocycles. The quantitative estimate of drug-likeness (QED) is 0.919. The molecule has 0 aromatic carbocycles. The van der Waals surface area contributed by atoms with Crippen molar-refractivity contribution in [2.24, 2.45) is 5.92 Å². The second-order valence-corrected chi connectivity index (χ2v) is 5.85. The average Bonchev–Trinajstić information content (AvgIpc) is 3.09. The first-order valence-electron chi connectivity index (χ1n) is 7.88. The van der Waals surface area contributed by atoms with E-state index in [1.807, 2.05) is 12.1 Å². The van der Waals surface area contributed by atoms with Crippen LogP contribution < -0.4 is 5.32 Å². The molecule has 1 N–H and O–H groups in total. The topological polar surface area (TPSA) is 72.7 Å². The highest BCUT2D eigenvalue weighted by Gasteiger charge is 2.16. The van der Waals surface area contributed by atoms with Crippen molar-refractivity contribution in [1.82, 2.24) is 25.1 Å². The molecule has 1 amide bonds. The van der Waals surface area contributed by atoms with E-state index >= 15 is 0 Å². The molecule has 6 heteroatoms. The summed E-state index contributed by atoms with van der Waals surface area (Å²) in [6.07, 6.45) is 11.7. The zero-order chi connectivity index (χ0) is 15.2. The SMILES string of the molecule is O=C(CC1CCCCC1)NCc1ccc(-n2cncn2)nc1. The Morgan fingerprint density at radius 3 is 2.82 bits per heavy atom. The van der Waals surface area contributed by atoms with E-state index in [1.54, 1.807) is 17.2 Å². The van der Waals surface area contributed by atoms with Crippen molar-refractivity contribution < 1.29 is 4.79 Å². The third kappa shape index (κ3) is 3.90. The fraction of sp³-hybridized carbons (Fsp3) is 0.500. The monoisotopic (exact) mass is 299 g/mol. The number of hydrogen-bond donors (Lipinski definition) is 1. The molecule has 0 atom stereocenters. The molecule has 3 rings (SSSR count). The smallest absolute Gasteiger partial charge is 0.220 e. The minimum atomic E-state index is 0.146. The van der Waals surface area contributed by atoms with Crippen molar-refractivity contribution in [3.05, 3.63) is 36.5 Å². The Kier molecular flexibility index (Phi) is 4.78. The largest absolute Gasteiger partial charge is 0.352 e. The van der Waals surface area contributed by atoms with Gasteiger partial charge in [0.25, 0.3) is 0 Å². The van der Waals surface area contributed by atoms with Gasteiger partial charge in [-0.1, -0.05) is 25.3 Å². The Labute approximate surface area is 130 Å². The Balaban J connectivity index is 1.47. The molecular formula is C16H21N5O. The molecule has 0 radical (unpaired) electrons. The van der Waals surface area contributed by atoms with E-state index in [0.29, 0.717) is 18.9 Å². The number of nitrogens with zero attached hydrogens (tertiary/aromatic N) is 4. The van der Waals surface area contributed by atoms with Gasteiger partial charge < -0.3 is 5.32 Å². The maximum Gasteiger partial charge on any atom is 0.220 e. The summed E-state index contributed by atoms with van der Waals surface area (Å²) >= 11 is 0. The molecule has 0 aliphatic heterocycles. The Bertz CT molecular complexity index is 588. The molecule has 2 heterocycles. The summed E-state index contributed by atoms with van der Waals surface area (Å²) in [5, 5.41) is 7.02. The van der Waals surface area contributed by atoms with Crippen molar-refractivity contribution >= 4 is 5.91 Å². The standard InChI is InChI=1S/C16H21N5O/c22-16(8-13-4-2-1-3-5-13)19-10-14-6-7-15(18-9-14)21-12-17-11-20-21/h6-7,9,11-13H,1-5,8,10H2,(H,19,22). The van der Waals surface area contributed by atoms with Crippen LogP contribution in [-0.4, -0.2) is 25.7 Å². The number of carbonyl (C=O) groups excluding carboxylic acids is 1. The third-order valence-electron chi connectivity index (χ3n) is 4.15. The van der Waals surface area contributed by atoms with Gasteiger partial charge in [-0.3, -0.25) is 4.79 Å². The third-order valence-corrected chi connectivity index (χ3v) is 4.15. The van der Waals surface area contributed by atoms with Crippen LogP contribution in [0, 0.1) is 5.92 Å².